The SMILES string of the molecule is COCC(C)NCCc1cn(C)nc1C. The second-order valence-electron chi connectivity index (χ2n) is 3.97. The Bertz CT molecular complexity index is 296. The summed E-state index contributed by atoms with van der Waals surface area (Å²) in [6.45, 7) is 5.90. The van der Waals surface area contributed by atoms with Crippen LogP contribution in [0.25, 0.3) is 0 Å². The first kappa shape index (κ1) is 12.2. The Labute approximate surface area is 91.6 Å². The lowest BCUT2D eigenvalue weighted by atomic mass is 10.2. The molecule has 0 saturated heterocycles. The molecule has 0 aliphatic rings. The van der Waals surface area contributed by atoms with E-state index >= 15 is 0 Å². The Morgan fingerprint density at radius 3 is 2.87 bits per heavy atom. The first-order valence-corrected chi connectivity index (χ1v) is 5.35. The molecule has 0 amide bonds. The van der Waals surface area contributed by atoms with Crippen LogP contribution >= 0.6 is 0 Å². The Hall–Kier alpha value is -0.870. The number of hydrogen-bond donors (Lipinski definition) is 1. The molecule has 15 heavy (non-hydrogen) atoms. The van der Waals surface area contributed by atoms with Gasteiger partial charge in [-0.05, 0) is 32.4 Å². The van der Waals surface area contributed by atoms with Crippen LogP contribution in [0.2, 0.25) is 0 Å². The molecule has 1 N–H and O–H groups in total. The second-order valence-corrected chi connectivity index (χ2v) is 3.97. The Kier molecular flexibility index (Phi) is 4.78. The highest BCUT2D eigenvalue weighted by molar-refractivity contribution is 5.15. The number of aryl methyl sites for hydroxylation is 2. The molecule has 1 heterocycles. The molecule has 0 radical (unpaired) electrons. The average molecular weight is 211 g/mol. The van der Waals surface area contributed by atoms with Gasteiger partial charge >= 0.3 is 0 Å². The second kappa shape index (κ2) is 5.88. The lowest BCUT2D eigenvalue weighted by Gasteiger charge is -2.11. The van der Waals surface area contributed by atoms with E-state index in [0.29, 0.717) is 6.04 Å². The molecule has 1 atom stereocenters. The van der Waals surface area contributed by atoms with Crippen LogP contribution in [0.4, 0.5) is 0 Å². The topological polar surface area (TPSA) is 39.1 Å². The Balaban J connectivity index is 2.28. The van der Waals surface area contributed by atoms with Crippen molar-refractivity contribution in [2.75, 3.05) is 20.3 Å². The summed E-state index contributed by atoms with van der Waals surface area (Å²) in [4.78, 5) is 0. The molecule has 0 aliphatic carbocycles. The van der Waals surface area contributed by atoms with E-state index in [0.717, 1.165) is 25.3 Å². The van der Waals surface area contributed by atoms with Gasteiger partial charge in [-0.3, -0.25) is 4.68 Å². The van der Waals surface area contributed by atoms with Gasteiger partial charge in [0.2, 0.25) is 0 Å². The van der Waals surface area contributed by atoms with E-state index in [1.807, 2.05) is 18.7 Å². The van der Waals surface area contributed by atoms with E-state index in [-0.39, 0.29) is 0 Å². The van der Waals surface area contributed by atoms with Crippen LogP contribution in [0, 0.1) is 6.92 Å². The molecule has 86 valence electrons. The normalized spacial score (nSPS) is 13.1. The minimum atomic E-state index is 0.409. The van der Waals surface area contributed by atoms with Crippen molar-refractivity contribution in [1.82, 2.24) is 15.1 Å². The van der Waals surface area contributed by atoms with Crippen LogP contribution in [0.3, 0.4) is 0 Å². The van der Waals surface area contributed by atoms with Gasteiger partial charge < -0.3 is 10.1 Å². The van der Waals surface area contributed by atoms with E-state index in [1.165, 1.54) is 5.56 Å². The molecule has 1 aromatic heterocycles. The van der Waals surface area contributed by atoms with Gasteiger partial charge in [-0.15, -0.1) is 0 Å². The van der Waals surface area contributed by atoms with Crippen molar-refractivity contribution < 1.29 is 4.74 Å². The molecule has 0 saturated carbocycles. The maximum absolute atomic E-state index is 5.06. The largest absolute Gasteiger partial charge is 0.383 e. The minimum absolute atomic E-state index is 0.409. The van der Waals surface area contributed by atoms with E-state index in [9.17, 15) is 0 Å². The summed E-state index contributed by atoms with van der Waals surface area (Å²) in [7, 11) is 3.68. The number of nitrogens with one attached hydrogen (secondary N) is 1. The monoisotopic (exact) mass is 211 g/mol. The van der Waals surface area contributed by atoms with Crippen molar-refractivity contribution in [3.63, 3.8) is 0 Å². The molecule has 0 aliphatic heterocycles. The van der Waals surface area contributed by atoms with Gasteiger partial charge in [0.05, 0.1) is 12.3 Å². The number of nitrogens with zero attached hydrogens (tertiary/aromatic N) is 2. The van der Waals surface area contributed by atoms with Crippen LogP contribution in [-0.4, -0.2) is 36.1 Å². The van der Waals surface area contributed by atoms with E-state index < -0.39 is 0 Å². The summed E-state index contributed by atoms with van der Waals surface area (Å²) in [5, 5.41) is 7.72. The third kappa shape index (κ3) is 4.01. The number of rotatable bonds is 6. The molecular formula is C11H21N3O. The molecule has 1 unspecified atom stereocenters. The van der Waals surface area contributed by atoms with Crippen LogP contribution < -0.4 is 5.32 Å². The van der Waals surface area contributed by atoms with E-state index in [2.05, 4.69) is 23.5 Å². The Morgan fingerprint density at radius 2 is 2.33 bits per heavy atom. The van der Waals surface area contributed by atoms with E-state index in [1.54, 1.807) is 7.11 Å². The quantitative estimate of drug-likeness (QED) is 0.759. The van der Waals surface area contributed by atoms with Crippen LogP contribution in [0.1, 0.15) is 18.2 Å². The van der Waals surface area contributed by atoms with Gasteiger partial charge in [0, 0.05) is 26.4 Å². The number of ether oxygens (including phenoxy) is 1. The van der Waals surface area contributed by atoms with Gasteiger partial charge in [-0.1, -0.05) is 0 Å². The van der Waals surface area contributed by atoms with Gasteiger partial charge in [0.25, 0.3) is 0 Å². The van der Waals surface area contributed by atoms with Gasteiger partial charge in [0.1, 0.15) is 0 Å². The number of aromatic nitrogens is 2. The zero-order valence-corrected chi connectivity index (χ0v) is 10.1. The summed E-state index contributed by atoms with van der Waals surface area (Å²) in [5.74, 6) is 0. The highest BCUT2D eigenvalue weighted by Gasteiger charge is 2.04. The maximum Gasteiger partial charge on any atom is 0.0626 e. The molecule has 1 rings (SSSR count). The highest BCUT2D eigenvalue weighted by atomic mass is 16.5. The molecule has 4 nitrogen and oxygen atoms in total. The fourth-order valence-electron chi connectivity index (χ4n) is 1.66. The summed E-state index contributed by atoms with van der Waals surface area (Å²) in [6.07, 6.45) is 3.10. The lowest BCUT2D eigenvalue weighted by Crippen LogP contribution is -2.31. The molecule has 0 spiro atoms. The highest BCUT2D eigenvalue weighted by Crippen LogP contribution is 2.04. The van der Waals surface area contributed by atoms with Crippen LogP contribution in [-0.2, 0) is 18.2 Å². The standard InChI is InChI=1S/C11H21N3O/c1-9(8-15-4)12-6-5-11-7-14(3)13-10(11)2/h7,9,12H,5-6,8H2,1-4H3. The summed E-state index contributed by atoms with van der Waals surface area (Å²) < 4.78 is 6.92. The molecule has 0 fully saturated rings. The minimum Gasteiger partial charge on any atom is -0.383 e. The third-order valence-corrected chi connectivity index (χ3v) is 2.42. The number of methoxy groups -OCH3 is 1. The average Bonchev–Trinajstić information content (AvgIpc) is 2.46. The summed E-state index contributed by atoms with van der Waals surface area (Å²) >= 11 is 0. The molecule has 0 aromatic carbocycles. The van der Waals surface area contributed by atoms with Crippen molar-refractivity contribution in [3.05, 3.63) is 17.5 Å². The third-order valence-electron chi connectivity index (χ3n) is 2.42. The fraction of sp³-hybridized carbons (Fsp3) is 0.727. The predicted octanol–water partition coefficient (Wildman–Crippen LogP) is 0.896. The van der Waals surface area contributed by atoms with Gasteiger partial charge in [-0.2, -0.15) is 5.10 Å². The van der Waals surface area contributed by atoms with Crippen molar-refractivity contribution in [3.8, 4) is 0 Å². The Morgan fingerprint density at radius 1 is 1.60 bits per heavy atom. The van der Waals surface area contributed by atoms with Gasteiger partial charge in [0.15, 0.2) is 0 Å². The lowest BCUT2D eigenvalue weighted by molar-refractivity contribution is 0.172. The molecule has 0 bridgehead atoms. The zero-order chi connectivity index (χ0) is 11.3. The molecular weight excluding hydrogens is 190 g/mol. The summed E-state index contributed by atoms with van der Waals surface area (Å²) in [6, 6.07) is 0.409. The zero-order valence-electron chi connectivity index (χ0n) is 10.1. The van der Waals surface area contributed by atoms with Crippen molar-refractivity contribution in [1.29, 1.82) is 0 Å². The number of hydrogen-bond acceptors (Lipinski definition) is 3. The van der Waals surface area contributed by atoms with Crippen LogP contribution in [0.15, 0.2) is 6.20 Å². The van der Waals surface area contributed by atoms with E-state index in [4.69, 9.17) is 4.74 Å². The smallest absolute Gasteiger partial charge is 0.0626 e. The van der Waals surface area contributed by atoms with Crippen molar-refractivity contribution in [2.24, 2.45) is 7.05 Å². The maximum atomic E-state index is 5.06. The molecule has 4 heteroatoms. The first-order valence-electron chi connectivity index (χ1n) is 5.35. The first-order chi connectivity index (χ1) is 7.13. The van der Waals surface area contributed by atoms with Crippen LogP contribution in [0.5, 0.6) is 0 Å². The van der Waals surface area contributed by atoms with Crippen molar-refractivity contribution >= 4 is 0 Å². The fourth-order valence-corrected chi connectivity index (χ4v) is 1.66. The molecule has 1 aromatic rings. The van der Waals surface area contributed by atoms with Crippen molar-refractivity contribution in [2.45, 2.75) is 26.3 Å². The van der Waals surface area contributed by atoms with Gasteiger partial charge in [-0.25, -0.2) is 0 Å². The predicted molar refractivity (Wildman–Crippen MR) is 61.0 cm³/mol. The summed E-state index contributed by atoms with van der Waals surface area (Å²) in [5.41, 5.74) is 2.44.